The highest BCUT2D eigenvalue weighted by atomic mass is 32.1. The van der Waals surface area contributed by atoms with Crippen molar-refractivity contribution in [3.63, 3.8) is 0 Å². The van der Waals surface area contributed by atoms with Crippen LogP contribution in [-0.2, 0) is 4.79 Å². The minimum Gasteiger partial charge on any atom is -0.323 e. The highest BCUT2D eigenvalue weighted by Crippen LogP contribution is 2.32. The van der Waals surface area contributed by atoms with Crippen molar-refractivity contribution >= 4 is 29.0 Å². The number of halogens is 1. The molecule has 0 spiro atoms. The van der Waals surface area contributed by atoms with Crippen LogP contribution in [0.15, 0.2) is 35.7 Å². The number of imide groups is 1. The summed E-state index contributed by atoms with van der Waals surface area (Å²) in [6.45, 7) is 3.27. The van der Waals surface area contributed by atoms with Crippen LogP contribution < -0.4 is 10.2 Å². The minimum atomic E-state index is -0.950. The third-order valence-electron chi connectivity index (χ3n) is 3.36. The second-order valence-electron chi connectivity index (χ2n) is 5.34. The summed E-state index contributed by atoms with van der Waals surface area (Å²) in [5.41, 5.74) is -0.199. The molecule has 108 valence electrons. The Morgan fingerprint density at radius 3 is 2.57 bits per heavy atom. The Hall–Kier alpha value is -2.21. The van der Waals surface area contributed by atoms with Gasteiger partial charge in [0.05, 0.1) is 5.69 Å². The van der Waals surface area contributed by atoms with Crippen LogP contribution in [0.1, 0.15) is 13.8 Å². The maximum atomic E-state index is 14.0. The van der Waals surface area contributed by atoms with E-state index in [1.807, 2.05) is 11.4 Å². The summed E-state index contributed by atoms with van der Waals surface area (Å²) < 4.78 is 14.0. The lowest BCUT2D eigenvalue weighted by Gasteiger charge is -2.16. The number of urea groups is 1. The van der Waals surface area contributed by atoms with E-state index < -0.39 is 11.6 Å². The molecule has 0 radical (unpaired) electrons. The van der Waals surface area contributed by atoms with Crippen LogP contribution >= 0.6 is 11.3 Å². The number of carbonyl (C=O) groups is 2. The molecule has 1 saturated heterocycles. The van der Waals surface area contributed by atoms with Gasteiger partial charge in [-0.05, 0) is 43.5 Å². The normalized spacial score (nSPS) is 17.2. The van der Waals surface area contributed by atoms with E-state index >= 15 is 0 Å². The van der Waals surface area contributed by atoms with Gasteiger partial charge >= 0.3 is 6.03 Å². The van der Waals surface area contributed by atoms with Gasteiger partial charge in [0.25, 0.3) is 5.91 Å². The van der Waals surface area contributed by atoms with Crippen molar-refractivity contribution in [1.29, 1.82) is 0 Å². The van der Waals surface area contributed by atoms with E-state index in [1.54, 1.807) is 19.9 Å². The van der Waals surface area contributed by atoms with Gasteiger partial charge in [0.15, 0.2) is 0 Å². The second-order valence-corrected chi connectivity index (χ2v) is 6.28. The van der Waals surface area contributed by atoms with Crippen LogP contribution in [0, 0.1) is 5.82 Å². The molecule has 0 atom stereocenters. The van der Waals surface area contributed by atoms with Crippen LogP contribution in [0.25, 0.3) is 10.4 Å². The number of anilines is 1. The first kappa shape index (κ1) is 13.8. The largest absolute Gasteiger partial charge is 0.329 e. The Labute approximate surface area is 125 Å². The van der Waals surface area contributed by atoms with Crippen LogP contribution in [-0.4, -0.2) is 17.5 Å². The van der Waals surface area contributed by atoms with Gasteiger partial charge in [0.1, 0.15) is 11.4 Å². The molecule has 4 nitrogen and oxygen atoms in total. The maximum Gasteiger partial charge on any atom is 0.329 e. The summed E-state index contributed by atoms with van der Waals surface area (Å²) in [4.78, 5) is 26.1. The van der Waals surface area contributed by atoms with Crippen molar-refractivity contribution in [2.75, 3.05) is 4.90 Å². The van der Waals surface area contributed by atoms with Gasteiger partial charge in [-0.15, -0.1) is 11.3 Å². The second kappa shape index (κ2) is 4.66. The maximum absolute atomic E-state index is 14.0. The molecule has 3 rings (SSSR count). The summed E-state index contributed by atoms with van der Waals surface area (Å²) in [5, 5.41) is 4.45. The van der Waals surface area contributed by atoms with Gasteiger partial charge in [-0.1, -0.05) is 6.07 Å². The van der Waals surface area contributed by atoms with Crippen molar-refractivity contribution in [3.05, 3.63) is 41.5 Å². The molecule has 0 aliphatic carbocycles. The summed E-state index contributed by atoms with van der Waals surface area (Å²) in [6.07, 6.45) is 0. The fourth-order valence-electron chi connectivity index (χ4n) is 2.26. The number of amides is 3. The Morgan fingerprint density at radius 1 is 1.24 bits per heavy atom. The zero-order valence-corrected chi connectivity index (χ0v) is 12.3. The molecule has 2 heterocycles. The Balaban J connectivity index is 2.07. The van der Waals surface area contributed by atoms with Gasteiger partial charge in [-0.2, -0.15) is 0 Å². The monoisotopic (exact) mass is 304 g/mol. The lowest BCUT2D eigenvalue weighted by molar-refractivity contribution is -0.121. The summed E-state index contributed by atoms with van der Waals surface area (Å²) in [7, 11) is 0. The van der Waals surface area contributed by atoms with Crippen molar-refractivity contribution in [2.24, 2.45) is 0 Å². The van der Waals surface area contributed by atoms with E-state index in [-0.39, 0.29) is 11.7 Å². The van der Waals surface area contributed by atoms with Gasteiger partial charge in [0, 0.05) is 10.4 Å². The van der Waals surface area contributed by atoms with Crippen LogP contribution in [0.2, 0.25) is 0 Å². The third-order valence-corrected chi connectivity index (χ3v) is 4.26. The fraction of sp³-hybridized carbons (Fsp3) is 0.200. The fourth-order valence-corrected chi connectivity index (χ4v) is 3.00. The van der Waals surface area contributed by atoms with Gasteiger partial charge in [0.2, 0.25) is 0 Å². The smallest absolute Gasteiger partial charge is 0.323 e. The zero-order valence-electron chi connectivity index (χ0n) is 11.5. The first-order valence-corrected chi connectivity index (χ1v) is 7.28. The first-order chi connectivity index (χ1) is 9.90. The van der Waals surface area contributed by atoms with E-state index in [4.69, 9.17) is 0 Å². The molecule has 1 aromatic carbocycles. The number of thiophene rings is 1. The van der Waals surface area contributed by atoms with Crippen molar-refractivity contribution in [1.82, 2.24) is 5.32 Å². The van der Waals surface area contributed by atoms with E-state index in [9.17, 15) is 14.0 Å². The molecule has 1 N–H and O–H groups in total. The average Bonchev–Trinajstić information content (AvgIpc) is 2.99. The standard InChI is InChI=1S/C15H13FN2O2S/c1-15(2)13(19)18(14(20)17-15)9-5-6-11(16)10(8-9)12-4-3-7-21-12/h3-8H,1-2H3,(H,17,20). The van der Waals surface area contributed by atoms with Gasteiger partial charge < -0.3 is 5.32 Å². The highest BCUT2D eigenvalue weighted by molar-refractivity contribution is 7.13. The van der Waals surface area contributed by atoms with Crippen molar-refractivity contribution in [3.8, 4) is 10.4 Å². The molecule has 0 unspecified atom stereocenters. The number of rotatable bonds is 2. The lowest BCUT2D eigenvalue weighted by Crippen LogP contribution is -2.40. The molecule has 1 aliphatic rings. The SMILES string of the molecule is CC1(C)NC(=O)N(c2ccc(F)c(-c3cccs3)c2)C1=O. The summed E-state index contributed by atoms with van der Waals surface area (Å²) in [6, 6.07) is 7.36. The Kier molecular flexibility index (Phi) is 3.06. The van der Waals surface area contributed by atoms with Crippen LogP contribution in [0.3, 0.4) is 0 Å². The predicted molar refractivity (Wildman–Crippen MR) is 79.8 cm³/mol. The number of benzene rings is 1. The molecule has 1 fully saturated rings. The molecule has 2 aromatic rings. The molecule has 1 aliphatic heterocycles. The minimum absolute atomic E-state index is 0.351. The van der Waals surface area contributed by atoms with Crippen molar-refractivity contribution in [2.45, 2.75) is 19.4 Å². The third kappa shape index (κ3) is 2.21. The number of nitrogens with zero attached hydrogens (tertiary/aromatic N) is 1. The molecule has 3 amide bonds. The molecule has 21 heavy (non-hydrogen) atoms. The Bertz CT molecular complexity index is 725. The van der Waals surface area contributed by atoms with E-state index in [2.05, 4.69) is 5.32 Å². The summed E-state index contributed by atoms with van der Waals surface area (Å²) in [5.74, 6) is -0.733. The lowest BCUT2D eigenvalue weighted by atomic mass is 10.1. The number of hydrogen-bond acceptors (Lipinski definition) is 3. The first-order valence-electron chi connectivity index (χ1n) is 6.40. The average molecular weight is 304 g/mol. The number of carbonyl (C=O) groups excluding carboxylic acids is 2. The highest BCUT2D eigenvalue weighted by Gasteiger charge is 2.45. The van der Waals surface area contributed by atoms with Gasteiger partial charge in [-0.3, -0.25) is 4.79 Å². The molecule has 1 aromatic heterocycles. The molecule has 0 bridgehead atoms. The topological polar surface area (TPSA) is 49.4 Å². The quantitative estimate of drug-likeness (QED) is 0.865. The van der Waals surface area contributed by atoms with Crippen LogP contribution in [0.4, 0.5) is 14.9 Å². The predicted octanol–water partition coefficient (Wildman–Crippen LogP) is 3.39. The molecular formula is C15H13FN2O2S. The Morgan fingerprint density at radius 2 is 2.00 bits per heavy atom. The number of hydrogen-bond donors (Lipinski definition) is 1. The number of nitrogens with one attached hydrogen (secondary N) is 1. The molecule has 0 saturated carbocycles. The van der Waals surface area contributed by atoms with Gasteiger partial charge in [-0.25, -0.2) is 14.1 Å². The van der Waals surface area contributed by atoms with E-state index in [0.717, 1.165) is 9.78 Å². The molecular weight excluding hydrogens is 291 g/mol. The molecule has 6 heteroatoms. The van der Waals surface area contributed by atoms with E-state index in [0.29, 0.717) is 11.3 Å². The zero-order chi connectivity index (χ0) is 15.2. The van der Waals surface area contributed by atoms with Crippen molar-refractivity contribution < 1.29 is 14.0 Å². The van der Waals surface area contributed by atoms with E-state index in [1.165, 1.54) is 29.5 Å². The van der Waals surface area contributed by atoms with Crippen LogP contribution in [0.5, 0.6) is 0 Å². The summed E-state index contributed by atoms with van der Waals surface area (Å²) >= 11 is 1.40.